The highest BCUT2D eigenvalue weighted by Crippen LogP contribution is 2.34. The summed E-state index contributed by atoms with van der Waals surface area (Å²) in [6.45, 7) is 2.08. The molecule has 1 saturated heterocycles. The Labute approximate surface area is 124 Å². The summed E-state index contributed by atoms with van der Waals surface area (Å²) >= 11 is 0. The molecule has 1 aromatic heterocycles. The summed E-state index contributed by atoms with van der Waals surface area (Å²) in [4.78, 5) is 4.50. The maximum atomic E-state index is 5.40. The summed E-state index contributed by atoms with van der Waals surface area (Å²) in [5.41, 5.74) is 0. The number of rotatable bonds is 4. The molecule has 0 bridgehead atoms. The number of pyridine rings is 1. The summed E-state index contributed by atoms with van der Waals surface area (Å²) in [5.74, 6) is 2.37. The molecule has 112 valence electrons. The first-order valence-corrected chi connectivity index (χ1v) is 7.30. The van der Waals surface area contributed by atoms with Crippen molar-refractivity contribution in [1.82, 2.24) is 10.3 Å². The van der Waals surface area contributed by atoms with E-state index in [2.05, 4.69) is 15.6 Å². The van der Waals surface area contributed by atoms with Crippen molar-refractivity contribution < 1.29 is 9.47 Å². The van der Waals surface area contributed by atoms with Crippen LogP contribution in [0.1, 0.15) is 12.8 Å². The number of piperidine rings is 1. The van der Waals surface area contributed by atoms with Gasteiger partial charge in [-0.25, -0.2) is 4.98 Å². The molecule has 5 heteroatoms. The van der Waals surface area contributed by atoms with Crippen LogP contribution in [0.4, 0.5) is 5.82 Å². The lowest BCUT2D eigenvalue weighted by Gasteiger charge is -2.25. The van der Waals surface area contributed by atoms with Gasteiger partial charge in [0.15, 0.2) is 11.5 Å². The number of benzene rings is 1. The van der Waals surface area contributed by atoms with Crippen LogP contribution in [0.15, 0.2) is 24.4 Å². The number of nitrogens with zero attached hydrogens (tertiary/aromatic N) is 1. The second kappa shape index (κ2) is 6.18. The molecule has 0 saturated carbocycles. The van der Waals surface area contributed by atoms with E-state index in [1.165, 1.54) is 12.8 Å². The second-order valence-corrected chi connectivity index (χ2v) is 5.28. The van der Waals surface area contributed by atoms with E-state index < -0.39 is 0 Å². The number of aromatic nitrogens is 1. The average molecular weight is 287 g/mol. The first-order valence-electron chi connectivity index (χ1n) is 7.30. The zero-order valence-corrected chi connectivity index (χ0v) is 12.5. The highest BCUT2D eigenvalue weighted by Gasteiger charge is 2.15. The maximum Gasteiger partial charge on any atom is 0.161 e. The van der Waals surface area contributed by atoms with E-state index in [9.17, 15) is 0 Å². The number of anilines is 1. The van der Waals surface area contributed by atoms with Crippen molar-refractivity contribution in [2.24, 2.45) is 0 Å². The predicted octanol–water partition coefficient (Wildman–Crippen LogP) is 2.42. The van der Waals surface area contributed by atoms with E-state index in [0.717, 1.165) is 41.2 Å². The average Bonchev–Trinajstić information content (AvgIpc) is 2.55. The lowest BCUT2D eigenvalue weighted by molar-refractivity contribution is 0.356. The molecule has 1 unspecified atom stereocenters. The van der Waals surface area contributed by atoms with Crippen molar-refractivity contribution in [3.63, 3.8) is 0 Å². The molecule has 0 aliphatic carbocycles. The minimum atomic E-state index is 0.421. The Hall–Kier alpha value is -2.01. The number of nitrogens with one attached hydrogen (secondary N) is 2. The third kappa shape index (κ3) is 2.88. The van der Waals surface area contributed by atoms with E-state index in [4.69, 9.17) is 9.47 Å². The quantitative estimate of drug-likeness (QED) is 0.904. The van der Waals surface area contributed by atoms with Gasteiger partial charge in [-0.15, -0.1) is 0 Å². The highest BCUT2D eigenvalue weighted by atomic mass is 16.5. The molecule has 1 aliphatic heterocycles. The Morgan fingerprint density at radius 2 is 2.05 bits per heavy atom. The Balaban J connectivity index is 1.97. The summed E-state index contributed by atoms with van der Waals surface area (Å²) in [7, 11) is 3.30. The van der Waals surface area contributed by atoms with Crippen molar-refractivity contribution in [3.8, 4) is 11.5 Å². The van der Waals surface area contributed by atoms with E-state index in [-0.39, 0.29) is 0 Å². The first-order chi connectivity index (χ1) is 10.3. The van der Waals surface area contributed by atoms with Gasteiger partial charge in [0.05, 0.1) is 14.2 Å². The topological polar surface area (TPSA) is 55.4 Å². The fourth-order valence-electron chi connectivity index (χ4n) is 2.78. The molecule has 2 N–H and O–H groups in total. The van der Waals surface area contributed by atoms with Gasteiger partial charge in [0, 0.05) is 24.2 Å². The number of hydrogen-bond acceptors (Lipinski definition) is 5. The minimum Gasteiger partial charge on any atom is -0.493 e. The largest absolute Gasteiger partial charge is 0.493 e. The molecule has 1 atom stereocenters. The van der Waals surface area contributed by atoms with Crippen LogP contribution in [0, 0.1) is 0 Å². The van der Waals surface area contributed by atoms with E-state index in [1.54, 1.807) is 14.2 Å². The molecule has 1 fully saturated rings. The molecule has 0 spiro atoms. The van der Waals surface area contributed by atoms with E-state index >= 15 is 0 Å². The zero-order chi connectivity index (χ0) is 14.7. The van der Waals surface area contributed by atoms with Gasteiger partial charge in [-0.1, -0.05) is 0 Å². The van der Waals surface area contributed by atoms with Crippen LogP contribution in [-0.2, 0) is 0 Å². The van der Waals surface area contributed by atoms with Gasteiger partial charge in [-0.05, 0) is 43.0 Å². The number of hydrogen-bond donors (Lipinski definition) is 2. The van der Waals surface area contributed by atoms with Crippen LogP contribution in [0.5, 0.6) is 11.5 Å². The van der Waals surface area contributed by atoms with Crippen LogP contribution in [0.2, 0.25) is 0 Å². The van der Waals surface area contributed by atoms with Gasteiger partial charge in [-0.3, -0.25) is 0 Å². The third-order valence-corrected chi connectivity index (χ3v) is 3.91. The molecule has 2 heterocycles. The van der Waals surface area contributed by atoms with Gasteiger partial charge < -0.3 is 20.1 Å². The van der Waals surface area contributed by atoms with Gasteiger partial charge >= 0.3 is 0 Å². The van der Waals surface area contributed by atoms with Gasteiger partial charge in [0.1, 0.15) is 5.82 Å². The molecular weight excluding hydrogens is 266 g/mol. The standard InChI is InChI=1S/C16H21N3O2/c1-20-14-8-11-5-7-18-16(13(11)9-15(14)21-2)19-12-4-3-6-17-10-12/h5,7-9,12,17H,3-4,6,10H2,1-2H3,(H,18,19). The molecule has 21 heavy (non-hydrogen) atoms. The van der Waals surface area contributed by atoms with Crippen LogP contribution in [-0.4, -0.2) is 38.3 Å². The SMILES string of the molecule is COc1cc2ccnc(NC3CCCNC3)c2cc1OC. The number of ether oxygens (including phenoxy) is 2. The molecule has 5 nitrogen and oxygen atoms in total. The summed E-state index contributed by atoms with van der Waals surface area (Å²) in [6, 6.07) is 6.38. The van der Waals surface area contributed by atoms with Gasteiger partial charge in [0.2, 0.25) is 0 Å². The highest BCUT2D eigenvalue weighted by molar-refractivity contribution is 5.94. The molecule has 2 aromatic rings. The lowest BCUT2D eigenvalue weighted by Crippen LogP contribution is -2.38. The maximum absolute atomic E-state index is 5.40. The third-order valence-electron chi connectivity index (χ3n) is 3.91. The van der Waals surface area contributed by atoms with E-state index in [1.807, 2.05) is 24.4 Å². The Morgan fingerprint density at radius 1 is 1.24 bits per heavy atom. The molecular formula is C16H21N3O2. The smallest absolute Gasteiger partial charge is 0.161 e. The Kier molecular flexibility index (Phi) is 4.10. The molecule has 0 amide bonds. The molecule has 0 radical (unpaired) electrons. The van der Waals surface area contributed by atoms with Gasteiger partial charge in [0.25, 0.3) is 0 Å². The van der Waals surface area contributed by atoms with Crippen molar-refractivity contribution >= 4 is 16.6 Å². The fourth-order valence-corrected chi connectivity index (χ4v) is 2.78. The first kappa shape index (κ1) is 13.9. The summed E-state index contributed by atoms with van der Waals surface area (Å²) < 4.78 is 10.8. The van der Waals surface area contributed by atoms with Crippen molar-refractivity contribution in [3.05, 3.63) is 24.4 Å². The Morgan fingerprint density at radius 3 is 2.76 bits per heavy atom. The Bertz CT molecular complexity index is 624. The lowest BCUT2D eigenvalue weighted by atomic mass is 10.1. The van der Waals surface area contributed by atoms with Crippen LogP contribution < -0.4 is 20.1 Å². The summed E-state index contributed by atoms with van der Waals surface area (Å²) in [6.07, 6.45) is 4.19. The summed E-state index contributed by atoms with van der Waals surface area (Å²) in [5, 5.41) is 9.10. The second-order valence-electron chi connectivity index (χ2n) is 5.28. The van der Waals surface area contributed by atoms with Crippen LogP contribution >= 0.6 is 0 Å². The molecule has 1 aromatic carbocycles. The monoisotopic (exact) mass is 287 g/mol. The fraction of sp³-hybridized carbons (Fsp3) is 0.438. The number of fused-ring (bicyclic) bond motifs is 1. The van der Waals surface area contributed by atoms with Crippen LogP contribution in [0.25, 0.3) is 10.8 Å². The minimum absolute atomic E-state index is 0.421. The van der Waals surface area contributed by atoms with Crippen molar-refractivity contribution in [2.45, 2.75) is 18.9 Å². The molecule has 1 aliphatic rings. The van der Waals surface area contributed by atoms with E-state index in [0.29, 0.717) is 6.04 Å². The molecule has 3 rings (SSSR count). The van der Waals surface area contributed by atoms with Gasteiger partial charge in [-0.2, -0.15) is 0 Å². The van der Waals surface area contributed by atoms with Crippen molar-refractivity contribution in [2.75, 3.05) is 32.6 Å². The van der Waals surface area contributed by atoms with Crippen molar-refractivity contribution in [1.29, 1.82) is 0 Å². The normalized spacial score (nSPS) is 18.5. The predicted molar refractivity (Wildman–Crippen MR) is 84.4 cm³/mol. The zero-order valence-electron chi connectivity index (χ0n) is 12.5. The number of methoxy groups -OCH3 is 2. The van der Waals surface area contributed by atoms with Crippen LogP contribution in [0.3, 0.4) is 0 Å².